The van der Waals surface area contributed by atoms with E-state index >= 15 is 0 Å². The van der Waals surface area contributed by atoms with Crippen LogP contribution in [-0.2, 0) is 7.05 Å². The summed E-state index contributed by atoms with van der Waals surface area (Å²) in [7, 11) is 3.48. The lowest BCUT2D eigenvalue weighted by Gasteiger charge is -2.04. The monoisotopic (exact) mass is 246 g/mol. The fourth-order valence-corrected chi connectivity index (χ4v) is 2.48. The Morgan fingerprint density at radius 3 is 2.88 bits per heavy atom. The number of methoxy groups -OCH3 is 1. The molecular weight excluding hydrogens is 236 g/mol. The van der Waals surface area contributed by atoms with Crippen molar-refractivity contribution in [1.82, 2.24) is 19.7 Å². The van der Waals surface area contributed by atoms with E-state index in [1.54, 1.807) is 29.3 Å². The van der Waals surface area contributed by atoms with Gasteiger partial charge in [0.15, 0.2) is 5.82 Å². The summed E-state index contributed by atoms with van der Waals surface area (Å²) in [5.74, 6) is 1.24. The SMILES string of the molecule is COc1nc(-c2ccnn2C)nc2ccsc12. The van der Waals surface area contributed by atoms with Crippen molar-refractivity contribution in [1.29, 1.82) is 0 Å². The van der Waals surface area contributed by atoms with E-state index in [1.807, 2.05) is 24.6 Å². The quantitative estimate of drug-likeness (QED) is 0.695. The van der Waals surface area contributed by atoms with Crippen LogP contribution < -0.4 is 4.74 Å². The van der Waals surface area contributed by atoms with Gasteiger partial charge in [-0.25, -0.2) is 4.98 Å². The second kappa shape index (κ2) is 3.81. The van der Waals surface area contributed by atoms with E-state index < -0.39 is 0 Å². The van der Waals surface area contributed by atoms with Crippen LogP contribution >= 0.6 is 11.3 Å². The van der Waals surface area contributed by atoms with Crippen molar-refractivity contribution < 1.29 is 4.74 Å². The fourth-order valence-electron chi connectivity index (χ4n) is 1.68. The maximum atomic E-state index is 5.29. The molecular formula is C11H10N4OS. The van der Waals surface area contributed by atoms with E-state index in [0.717, 1.165) is 15.9 Å². The fraction of sp³-hybridized carbons (Fsp3) is 0.182. The minimum absolute atomic E-state index is 0.612. The van der Waals surface area contributed by atoms with Crippen LogP contribution in [0.3, 0.4) is 0 Å². The number of hydrogen-bond acceptors (Lipinski definition) is 5. The average molecular weight is 246 g/mol. The molecule has 0 aromatic carbocycles. The van der Waals surface area contributed by atoms with Crippen LogP contribution in [0.1, 0.15) is 0 Å². The van der Waals surface area contributed by atoms with Crippen molar-refractivity contribution in [3.8, 4) is 17.4 Å². The van der Waals surface area contributed by atoms with Gasteiger partial charge in [-0.05, 0) is 17.5 Å². The molecule has 0 saturated carbocycles. The van der Waals surface area contributed by atoms with Crippen LogP contribution in [0.4, 0.5) is 0 Å². The van der Waals surface area contributed by atoms with E-state index in [-0.39, 0.29) is 0 Å². The Morgan fingerprint density at radius 1 is 1.29 bits per heavy atom. The summed E-state index contributed by atoms with van der Waals surface area (Å²) >= 11 is 1.58. The van der Waals surface area contributed by atoms with Gasteiger partial charge in [-0.1, -0.05) is 0 Å². The zero-order valence-corrected chi connectivity index (χ0v) is 10.2. The molecule has 6 heteroatoms. The molecule has 3 aromatic rings. The Hall–Kier alpha value is -1.95. The topological polar surface area (TPSA) is 52.8 Å². The number of nitrogens with zero attached hydrogens (tertiary/aromatic N) is 4. The molecule has 0 radical (unpaired) electrons. The highest BCUT2D eigenvalue weighted by atomic mass is 32.1. The molecule has 3 heterocycles. The smallest absolute Gasteiger partial charge is 0.235 e. The molecule has 0 atom stereocenters. The van der Waals surface area contributed by atoms with E-state index in [2.05, 4.69) is 15.1 Å². The minimum atomic E-state index is 0.612. The van der Waals surface area contributed by atoms with Gasteiger partial charge in [0.25, 0.3) is 0 Å². The van der Waals surface area contributed by atoms with Crippen molar-refractivity contribution in [2.45, 2.75) is 0 Å². The number of ether oxygens (including phenoxy) is 1. The molecule has 0 unspecified atom stereocenters. The first-order chi connectivity index (χ1) is 8.29. The van der Waals surface area contributed by atoms with Gasteiger partial charge < -0.3 is 4.74 Å². The van der Waals surface area contributed by atoms with E-state index in [9.17, 15) is 0 Å². The summed E-state index contributed by atoms with van der Waals surface area (Å²) < 4.78 is 8.01. The van der Waals surface area contributed by atoms with Crippen LogP contribution in [0.5, 0.6) is 5.88 Å². The Morgan fingerprint density at radius 2 is 2.18 bits per heavy atom. The lowest BCUT2D eigenvalue weighted by atomic mass is 10.3. The van der Waals surface area contributed by atoms with Crippen LogP contribution in [0.15, 0.2) is 23.7 Å². The minimum Gasteiger partial charge on any atom is -0.480 e. The van der Waals surface area contributed by atoms with Crippen LogP contribution in [0.25, 0.3) is 21.7 Å². The standard InChI is InChI=1S/C11H10N4OS/c1-15-8(3-5-12-15)10-13-7-4-6-17-9(7)11(14-10)16-2/h3-6H,1-2H3. The predicted molar refractivity (Wildman–Crippen MR) is 66.2 cm³/mol. The summed E-state index contributed by atoms with van der Waals surface area (Å²) in [6, 6.07) is 3.84. The molecule has 0 spiro atoms. The second-order valence-corrected chi connectivity index (χ2v) is 4.45. The Labute approximate surface area is 102 Å². The van der Waals surface area contributed by atoms with Gasteiger partial charge >= 0.3 is 0 Å². The van der Waals surface area contributed by atoms with Crippen molar-refractivity contribution >= 4 is 21.6 Å². The number of thiophene rings is 1. The van der Waals surface area contributed by atoms with Gasteiger partial charge in [-0.2, -0.15) is 10.1 Å². The van der Waals surface area contributed by atoms with Gasteiger partial charge in [0.2, 0.25) is 5.88 Å². The lowest BCUT2D eigenvalue weighted by Crippen LogP contribution is -1.99. The van der Waals surface area contributed by atoms with Crippen molar-refractivity contribution in [2.24, 2.45) is 7.05 Å². The molecule has 3 rings (SSSR count). The Bertz CT molecular complexity index is 673. The molecule has 17 heavy (non-hydrogen) atoms. The summed E-state index contributed by atoms with van der Waals surface area (Å²) in [5.41, 5.74) is 1.77. The number of fused-ring (bicyclic) bond motifs is 1. The first-order valence-corrected chi connectivity index (χ1v) is 5.95. The molecule has 0 bridgehead atoms. The lowest BCUT2D eigenvalue weighted by molar-refractivity contribution is 0.404. The third-order valence-corrected chi connectivity index (χ3v) is 3.41. The van der Waals surface area contributed by atoms with Crippen molar-refractivity contribution in [2.75, 3.05) is 7.11 Å². The normalized spacial score (nSPS) is 10.9. The highest BCUT2D eigenvalue weighted by molar-refractivity contribution is 7.17. The first-order valence-electron chi connectivity index (χ1n) is 5.07. The highest BCUT2D eigenvalue weighted by Crippen LogP contribution is 2.29. The maximum Gasteiger partial charge on any atom is 0.235 e. The second-order valence-electron chi connectivity index (χ2n) is 3.53. The molecule has 0 saturated heterocycles. The first kappa shape index (κ1) is 10.2. The largest absolute Gasteiger partial charge is 0.480 e. The highest BCUT2D eigenvalue weighted by Gasteiger charge is 2.12. The molecule has 5 nitrogen and oxygen atoms in total. The van der Waals surface area contributed by atoms with Crippen molar-refractivity contribution in [3.05, 3.63) is 23.7 Å². The maximum absolute atomic E-state index is 5.29. The zero-order chi connectivity index (χ0) is 11.8. The molecule has 0 aliphatic heterocycles. The summed E-state index contributed by atoms with van der Waals surface area (Å²) in [5, 5.41) is 6.10. The van der Waals surface area contributed by atoms with E-state index in [4.69, 9.17) is 4.74 Å². The van der Waals surface area contributed by atoms with Crippen molar-refractivity contribution in [3.63, 3.8) is 0 Å². The number of rotatable bonds is 2. The Balaban J connectivity index is 2.27. The molecule has 0 N–H and O–H groups in total. The average Bonchev–Trinajstić information content (AvgIpc) is 2.95. The Kier molecular flexibility index (Phi) is 2.29. The van der Waals surface area contributed by atoms with Gasteiger partial charge in [0.1, 0.15) is 10.4 Å². The van der Waals surface area contributed by atoms with Gasteiger partial charge in [0, 0.05) is 13.2 Å². The van der Waals surface area contributed by atoms with Gasteiger partial charge in [0.05, 0.1) is 12.6 Å². The predicted octanol–water partition coefficient (Wildman–Crippen LogP) is 2.10. The molecule has 3 aromatic heterocycles. The molecule has 0 fully saturated rings. The van der Waals surface area contributed by atoms with E-state index in [0.29, 0.717) is 11.7 Å². The van der Waals surface area contributed by atoms with Crippen LogP contribution in [0, 0.1) is 0 Å². The molecule has 86 valence electrons. The summed E-state index contributed by atoms with van der Waals surface area (Å²) in [6.45, 7) is 0. The molecule has 0 aliphatic carbocycles. The molecule has 0 amide bonds. The van der Waals surface area contributed by atoms with Gasteiger partial charge in [-0.3, -0.25) is 4.68 Å². The summed E-state index contributed by atoms with van der Waals surface area (Å²) in [6.07, 6.45) is 1.73. The van der Waals surface area contributed by atoms with Crippen LogP contribution in [0.2, 0.25) is 0 Å². The van der Waals surface area contributed by atoms with E-state index in [1.165, 1.54) is 0 Å². The van der Waals surface area contributed by atoms with Crippen LogP contribution in [-0.4, -0.2) is 26.9 Å². The third-order valence-electron chi connectivity index (χ3n) is 2.52. The van der Waals surface area contributed by atoms with Gasteiger partial charge in [-0.15, -0.1) is 11.3 Å². The molecule has 0 aliphatic rings. The third kappa shape index (κ3) is 1.57. The number of hydrogen-bond donors (Lipinski definition) is 0. The zero-order valence-electron chi connectivity index (χ0n) is 9.41. The number of aryl methyl sites for hydroxylation is 1. The summed E-state index contributed by atoms with van der Waals surface area (Å²) in [4.78, 5) is 8.92. The number of aromatic nitrogens is 4.